The van der Waals surface area contributed by atoms with Crippen LogP contribution in [0.3, 0.4) is 0 Å². The predicted molar refractivity (Wildman–Crippen MR) is 120 cm³/mol. The molecular formula is C18H28ClN6O9P. The van der Waals surface area contributed by atoms with Crippen molar-refractivity contribution in [2.24, 2.45) is 0 Å². The molecule has 0 bridgehead atoms. The number of nitrogens with one attached hydrogen (secondary N) is 1. The first kappa shape index (κ1) is 26.5. The van der Waals surface area contributed by atoms with Crippen molar-refractivity contribution in [2.45, 2.75) is 61.6 Å². The van der Waals surface area contributed by atoms with Crippen LogP contribution >= 0.6 is 19.2 Å². The number of nitrogens with zero attached hydrogens (tertiary/aromatic N) is 5. The third-order valence-electron chi connectivity index (χ3n) is 6.23. The van der Waals surface area contributed by atoms with E-state index in [4.69, 9.17) is 25.8 Å². The second-order valence-electron chi connectivity index (χ2n) is 8.61. The number of rotatable bonds is 10. The quantitative estimate of drug-likeness (QED) is 0.164. The van der Waals surface area contributed by atoms with Gasteiger partial charge in [0.2, 0.25) is 10.6 Å². The number of hydrogen-bond acceptors (Lipinski definition) is 12. The molecule has 5 atom stereocenters. The van der Waals surface area contributed by atoms with E-state index in [2.05, 4.69) is 25.6 Å². The molecule has 6 N–H and O–H groups in total. The van der Waals surface area contributed by atoms with Gasteiger partial charge in [0.05, 0.1) is 19.8 Å². The molecule has 1 saturated heterocycles. The summed E-state index contributed by atoms with van der Waals surface area (Å²) in [6, 6.07) is 0.207. The topological polar surface area (TPSA) is 214 Å². The molecule has 0 aromatic carbocycles. The highest BCUT2D eigenvalue weighted by Crippen LogP contribution is 2.51. The van der Waals surface area contributed by atoms with E-state index in [0.717, 1.165) is 30.4 Å². The minimum Gasteiger partial charge on any atom is -0.393 e. The van der Waals surface area contributed by atoms with Gasteiger partial charge in [-0.2, -0.15) is 14.6 Å². The van der Waals surface area contributed by atoms with Crippen molar-refractivity contribution in [1.82, 2.24) is 25.0 Å². The number of fused-ring (bicyclic) bond motifs is 1. The van der Waals surface area contributed by atoms with Gasteiger partial charge in [-0.25, -0.2) is 0 Å². The minimum atomic E-state index is -5.00. The van der Waals surface area contributed by atoms with Crippen LogP contribution in [0.1, 0.15) is 31.9 Å². The molecule has 0 amide bonds. The number of halogens is 1. The molecule has 1 aliphatic heterocycles. The number of ether oxygens (including phenoxy) is 3. The SMILES string of the molecule is COCC(CO)(OC[C@H]1O[C@@H](n2nnc3c(NC4CCCC4)nc(Cl)nc32)[C@H](O)[C@@H]1O)P(=O)(O)O. The summed E-state index contributed by atoms with van der Waals surface area (Å²) in [4.78, 5) is 27.7. The summed E-state index contributed by atoms with van der Waals surface area (Å²) < 4.78 is 28.9. The number of aliphatic hydroxyl groups is 3. The Labute approximate surface area is 204 Å². The molecule has 2 aliphatic rings. The van der Waals surface area contributed by atoms with Crippen molar-refractivity contribution in [1.29, 1.82) is 0 Å². The van der Waals surface area contributed by atoms with Gasteiger partial charge in [-0.05, 0) is 24.4 Å². The normalized spacial score (nSPS) is 27.5. The standard InChI is InChI=1S/C18H28ClN6O9P/c1-32-8-18(7-26,35(29,30)31)33-6-10-12(27)13(28)16(34-10)25-15-11(23-24-25)14(21-17(19)22-15)20-9-4-2-3-5-9/h9-10,12-13,16,26-28H,2-8H2,1H3,(H,20,21,22)(H2,29,30,31)/t10-,12-,13-,16-,18?/m1/s1. The fraction of sp³-hybridized carbons (Fsp3) is 0.778. The largest absolute Gasteiger partial charge is 0.393 e. The first-order chi connectivity index (χ1) is 16.6. The van der Waals surface area contributed by atoms with Crippen LogP contribution in [0.4, 0.5) is 5.82 Å². The molecule has 2 aromatic heterocycles. The van der Waals surface area contributed by atoms with Crippen molar-refractivity contribution in [3.05, 3.63) is 5.28 Å². The van der Waals surface area contributed by atoms with Gasteiger partial charge in [0, 0.05) is 13.2 Å². The van der Waals surface area contributed by atoms with Crippen LogP contribution in [-0.4, -0.2) is 107 Å². The molecule has 2 fully saturated rings. The Kier molecular flexibility index (Phi) is 7.93. The van der Waals surface area contributed by atoms with E-state index < -0.39 is 57.3 Å². The lowest BCUT2D eigenvalue weighted by Crippen LogP contribution is -2.44. The first-order valence-corrected chi connectivity index (χ1v) is 12.9. The second-order valence-corrected chi connectivity index (χ2v) is 10.9. The summed E-state index contributed by atoms with van der Waals surface area (Å²) in [5.41, 5.74) is 0.454. The van der Waals surface area contributed by atoms with Gasteiger partial charge in [-0.1, -0.05) is 18.1 Å². The van der Waals surface area contributed by atoms with Crippen molar-refractivity contribution >= 4 is 36.2 Å². The van der Waals surface area contributed by atoms with Crippen LogP contribution in [-0.2, 0) is 18.8 Å². The highest BCUT2D eigenvalue weighted by Gasteiger charge is 2.51. The number of aliphatic hydroxyl groups excluding tert-OH is 3. The smallest absolute Gasteiger partial charge is 0.361 e. The molecule has 196 valence electrons. The fourth-order valence-electron chi connectivity index (χ4n) is 4.26. The average Bonchev–Trinajstić information content (AvgIpc) is 3.52. The Morgan fingerprint density at radius 3 is 2.60 bits per heavy atom. The summed E-state index contributed by atoms with van der Waals surface area (Å²) in [6.45, 7) is -2.26. The fourth-order valence-corrected chi connectivity index (χ4v) is 5.15. The van der Waals surface area contributed by atoms with E-state index in [1.807, 2.05) is 0 Å². The molecule has 35 heavy (non-hydrogen) atoms. The number of hydrogen-bond donors (Lipinski definition) is 6. The zero-order chi connectivity index (χ0) is 25.4. The van der Waals surface area contributed by atoms with Gasteiger partial charge in [-0.15, -0.1) is 5.10 Å². The van der Waals surface area contributed by atoms with Crippen molar-refractivity contribution in [2.75, 3.05) is 32.2 Å². The van der Waals surface area contributed by atoms with Gasteiger partial charge in [0.1, 0.15) is 18.3 Å². The molecule has 1 saturated carbocycles. The highest BCUT2D eigenvalue weighted by molar-refractivity contribution is 7.53. The van der Waals surface area contributed by atoms with Crippen LogP contribution in [0.15, 0.2) is 0 Å². The number of methoxy groups -OCH3 is 1. The third-order valence-corrected chi connectivity index (χ3v) is 7.87. The average molecular weight is 539 g/mol. The number of aromatic nitrogens is 5. The van der Waals surface area contributed by atoms with Crippen LogP contribution in [0.2, 0.25) is 5.28 Å². The molecule has 1 unspecified atom stereocenters. The molecule has 17 heteroatoms. The first-order valence-electron chi connectivity index (χ1n) is 11.0. The molecule has 1 aliphatic carbocycles. The van der Waals surface area contributed by atoms with Crippen molar-refractivity contribution < 1.29 is 43.9 Å². The number of anilines is 1. The van der Waals surface area contributed by atoms with Gasteiger partial charge >= 0.3 is 7.60 Å². The maximum absolute atomic E-state index is 11.9. The molecule has 3 heterocycles. The third kappa shape index (κ3) is 5.16. The highest BCUT2D eigenvalue weighted by atomic mass is 35.5. The van der Waals surface area contributed by atoms with E-state index in [0.29, 0.717) is 11.3 Å². The molecule has 0 spiro atoms. The zero-order valence-corrected chi connectivity index (χ0v) is 20.4. The second kappa shape index (κ2) is 10.5. The van der Waals surface area contributed by atoms with E-state index in [1.165, 1.54) is 7.11 Å². The van der Waals surface area contributed by atoms with Gasteiger partial charge in [0.25, 0.3) is 0 Å². The Hall–Kier alpha value is -1.52. The monoisotopic (exact) mass is 538 g/mol. The van der Waals surface area contributed by atoms with Crippen LogP contribution in [0, 0.1) is 0 Å². The van der Waals surface area contributed by atoms with Crippen LogP contribution in [0.25, 0.3) is 11.2 Å². The lowest BCUT2D eigenvalue weighted by atomic mass is 10.1. The summed E-state index contributed by atoms with van der Waals surface area (Å²) in [7, 11) is -3.81. The lowest BCUT2D eigenvalue weighted by Gasteiger charge is -2.32. The maximum atomic E-state index is 11.9. The summed E-state index contributed by atoms with van der Waals surface area (Å²) in [5, 5.41) is 39.7. The minimum absolute atomic E-state index is 0.0802. The Morgan fingerprint density at radius 2 is 1.97 bits per heavy atom. The maximum Gasteiger partial charge on any atom is 0.361 e. The molecule has 15 nitrogen and oxygen atoms in total. The summed E-state index contributed by atoms with van der Waals surface area (Å²) in [6.07, 6.45) is -1.41. The summed E-state index contributed by atoms with van der Waals surface area (Å²) >= 11 is 6.11. The molecular weight excluding hydrogens is 511 g/mol. The Morgan fingerprint density at radius 1 is 1.26 bits per heavy atom. The van der Waals surface area contributed by atoms with E-state index in [-0.39, 0.29) is 17.0 Å². The van der Waals surface area contributed by atoms with Crippen molar-refractivity contribution in [3.8, 4) is 0 Å². The predicted octanol–water partition coefficient (Wildman–Crippen LogP) is -0.622. The lowest BCUT2D eigenvalue weighted by molar-refractivity contribution is -0.125. The van der Waals surface area contributed by atoms with E-state index >= 15 is 0 Å². The van der Waals surface area contributed by atoms with Crippen LogP contribution < -0.4 is 5.32 Å². The molecule has 2 aromatic rings. The zero-order valence-electron chi connectivity index (χ0n) is 18.8. The van der Waals surface area contributed by atoms with Crippen molar-refractivity contribution in [3.63, 3.8) is 0 Å². The van der Waals surface area contributed by atoms with Gasteiger partial charge < -0.3 is 44.6 Å². The van der Waals surface area contributed by atoms with E-state index in [1.54, 1.807) is 0 Å². The molecule has 0 radical (unpaired) electrons. The summed E-state index contributed by atoms with van der Waals surface area (Å²) in [5.74, 6) is 0.389. The van der Waals surface area contributed by atoms with Gasteiger partial charge in [0.15, 0.2) is 23.2 Å². The van der Waals surface area contributed by atoms with E-state index in [9.17, 15) is 29.7 Å². The Bertz CT molecular complexity index is 1080. The van der Waals surface area contributed by atoms with Crippen LogP contribution in [0.5, 0.6) is 0 Å². The Balaban J connectivity index is 1.56. The van der Waals surface area contributed by atoms with Gasteiger partial charge in [-0.3, -0.25) is 4.57 Å². The molecule has 4 rings (SSSR count).